The quantitative estimate of drug-likeness (QED) is 0.0275. The lowest BCUT2D eigenvalue weighted by Crippen LogP contribution is -2.61. The summed E-state index contributed by atoms with van der Waals surface area (Å²) in [4.78, 5) is 25.5. The number of unbranched alkanes of at least 4 members (excludes halogenated alkanes) is 15. The summed E-state index contributed by atoms with van der Waals surface area (Å²) in [5, 5.41) is 71.8. The lowest BCUT2D eigenvalue weighted by atomic mass is 9.98. The predicted octanol–water partition coefficient (Wildman–Crippen LogP) is 4.43. The number of hydrogen-bond donors (Lipinski definition) is 7. The van der Waals surface area contributed by atoms with Gasteiger partial charge in [0, 0.05) is 12.8 Å². The fourth-order valence-electron chi connectivity index (χ4n) is 6.84. The van der Waals surface area contributed by atoms with Gasteiger partial charge in [-0.2, -0.15) is 0 Å². The van der Waals surface area contributed by atoms with E-state index >= 15 is 0 Å². The van der Waals surface area contributed by atoms with Crippen LogP contribution in [0.5, 0.6) is 0 Å². The molecule has 0 saturated carbocycles. The van der Waals surface area contributed by atoms with E-state index in [4.69, 9.17) is 28.4 Å². The van der Waals surface area contributed by atoms with Gasteiger partial charge < -0.3 is 64.2 Å². The largest absolute Gasteiger partial charge is 0.462 e. The van der Waals surface area contributed by atoms with Gasteiger partial charge in [-0.1, -0.05) is 102 Å². The number of esters is 2. The van der Waals surface area contributed by atoms with E-state index in [2.05, 4.69) is 38.2 Å². The zero-order chi connectivity index (χ0) is 43.3. The molecule has 0 radical (unpaired) electrons. The van der Waals surface area contributed by atoms with Crippen LogP contribution in [0.3, 0.4) is 0 Å². The van der Waals surface area contributed by atoms with Gasteiger partial charge in [0.2, 0.25) is 0 Å². The zero-order valence-corrected chi connectivity index (χ0v) is 35.7. The molecule has 11 unspecified atom stereocenters. The summed E-state index contributed by atoms with van der Waals surface area (Å²) in [5.41, 5.74) is 0. The first-order valence-electron chi connectivity index (χ1n) is 22.4. The molecule has 2 fully saturated rings. The molecule has 2 saturated heterocycles. The van der Waals surface area contributed by atoms with Crippen molar-refractivity contribution in [3.8, 4) is 0 Å². The molecule has 11 atom stereocenters. The highest BCUT2D eigenvalue weighted by Gasteiger charge is 2.47. The molecule has 0 aliphatic carbocycles. The van der Waals surface area contributed by atoms with Gasteiger partial charge in [0.25, 0.3) is 0 Å². The minimum atomic E-state index is -1.76. The normalized spacial score (nSPS) is 28.0. The fourth-order valence-corrected chi connectivity index (χ4v) is 6.84. The molecular formula is C44H78O15. The van der Waals surface area contributed by atoms with Crippen molar-refractivity contribution >= 4 is 11.9 Å². The first-order valence-corrected chi connectivity index (χ1v) is 22.4. The topological polar surface area (TPSA) is 231 Å². The predicted molar refractivity (Wildman–Crippen MR) is 220 cm³/mol. The summed E-state index contributed by atoms with van der Waals surface area (Å²) in [7, 11) is 0. The highest BCUT2D eigenvalue weighted by atomic mass is 16.7. The lowest BCUT2D eigenvalue weighted by Gasteiger charge is -2.42. The number of ether oxygens (including phenoxy) is 6. The summed E-state index contributed by atoms with van der Waals surface area (Å²) in [6.45, 7) is 2.48. The van der Waals surface area contributed by atoms with Gasteiger partial charge in [-0.25, -0.2) is 0 Å². The number of hydrogen-bond acceptors (Lipinski definition) is 15. The Labute approximate surface area is 352 Å². The highest BCUT2D eigenvalue weighted by molar-refractivity contribution is 5.70. The van der Waals surface area contributed by atoms with Gasteiger partial charge in [-0.15, -0.1) is 0 Å². The average Bonchev–Trinajstić information content (AvgIpc) is 3.23. The van der Waals surface area contributed by atoms with Crippen LogP contribution in [0.4, 0.5) is 0 Å². The fraction of sp³-hybridized carbons (Fsp3) is 0.864. The molecule has 0 amide bonds. The van der Waals surface area contributed by atoms with Gasteiger partial charge in [0.05, 0.1) is 19.8 Å². The molecule has 15 nitrogen and oxygen atoms in total. The molecule has 2 aliphatic rings. The maximum atomic E-state index is 12.9. The smallest absolute Gasteiger partial charge is 0.306 e. The van der Waals surface area contributed by atoms with Crippen molar-refractivity contribution in [2.45, 2.75) is 216 Å². The van der Waals surface area contributed by atoms with E-state index in [0.717, 1.165) is 77.0 Å². The van der Waals surface area contributed by atoms with Crippen LogP contribution in [0.2, 0.25) is 0 Å². The Bertz CT molecular complexity index is 1140. The molecule has 344 valence electrons. The van der Waals surface area contributed by atoms with E-state index in [-0.39, 0.29) is 26.1 Å². The van der Waals surface area contributed by atoms with Crippen molar-refractivity contribution in [2.24, 2.45) is 0 Å². The number of aliphatic hydroxyl groups excluding tert-OH is 7. The van der Waals surface area contributed by atoms with Crippen LogP contribution in [-0.4, -0.2) is 142 Å². The molecule has 2 heterocycles. The second-order valence-corrected chi connectivity index (χ2v) is 15.9. The van der Waals surface area contributed by atoms with Gasteiger partial charge in [0.15, 0.2) is 18.7 Å². The van der Waals surface area contributed by atoms with Crippen LogP contribution in [0.1, 0.15) is 149 Å². The van der Waals surface area contributed by atoms with Crippen LogP contribution in [-0.2, 0) is 38.0 Å². The second kappa shape index (κ2) is 32.7. The summed E-state index contributed by atoms with van der Waals surface area (Å²) in [6.07, 6.45) is 12.3. The monoisotopic (exact) mass is 847 g/mol. The van der Waals surface area contributed by atoms with Crippen molar-refractivity contribution in [3.63, 3.8) is 0 Å². The number of aliphatic hydroxyl groups is 7. The highest BCUT2D eigenvalue weighted by Crippen LogP contribution is 2.26. The van der Waals surface area contributed by atoms with E-state index in [1.807, 2.05) is 0 Å². The summed E-state index contributed by atoms with van der Waals surface area (Å²) < 4.78 is 33.4. The molecule has 2 rings (SSSR count). The van der Waals surface area contributed by atoms with Crippen LogP contribution in [0.25, 0.3) is 0 Å². The number of allylic oxidation sites excluding steroid dienone is 4. The van der Waals surface area contributed by atoms with E-state index in [9.17, 15) is 45.3 Å². The maximum absolute atomic E-state index is 12.9. The Morgan fingerprint density at radius 1 is 0.525 bits per heavy atom. The summed E-state index contributed by atoms with van der Waals surface area (Å²) in [5.74, 6) is -0.949. The number of carbonyl (C=O) groups excluding carboxylic acids is 2. The first-order chi connectivity index (χ1) is 28.5. The SMILES string of the molecule is CCCC/C=C\CCCCCCCC(=O)OCC(COC1OC(COC2OC(CO)C(O)C(O)C2O)C(O)C(O)C1O)OC(=O)CCCCCCC/C=C\CCCCC. The zero-order valence-electron chi connectivity index (χ0n) is 35.7. The molecule has 0 bridgehead atoms. The third-order valence-corrected chi connectivity index (χ3v) is 10.7. The van der Waals surface area contributed by atoms with E-state index in [0.29, 0.717) is 12.8 Å². The minimum absolute atomic E-state index is 0.154. The first kappa shape index (κ1) is 53.1. The van der Waals surface area contributed by atoms with Crippen molar-refractivity contribution in [1.82, 2.24) is 0 Å². The standard InChI is InChI=1S/C44H78O15/c1-3-5-7-9-11-13-15-17-19-21-23-25-27-36(47)57-32(29-54-35(46)26-24-22-20-18-16-14-12-10-8-6-4-2)30-55-43-42(53)40(51)38(49)34(59-43)31-56-44-41(52)39(50)37(48)33(28-45)58-44/h10-13,32-34,37-45,48-53H,3-9,14-31H2,1-2H3/b12-10-,13-11-. The minimum Gasteiger partial charge on any atom is -0.462 e. The Hall–Kier alpha value is -2.02. The molecule has 0 aromatic carbocycles. The third-order valence-electron chi connectivity index (χ3n) is 10.7. The second-order valence-electron chi connectivity index (χ2n) is 15.9. The summed E-state index contributed by atoms with van der Waals surface area (Å²) in [6, 6.07) is 0. The molecule has 7 N–H and O–H groups in total. The number of carbonyl (C=O) groups is 2. The lowest BCUT2D eigenvalue weighted by molar-refractivity contribution is -0.332. The molecule has 2 aliphatic heterocycles. The molecule has 59 heavy (non-hydrogen) atoms. The van der Waals surface area contributed by atoms with Crippen LogP contribution >= 0.6 is 0 Å². The average molecular weight is 847 g/mol. The number of rotatable bonds is 33. The van der Waals surface area contributed by atoms with Crippen molar-refractivity contribution < 1.29 is 73.8 Å². The molecular weight excluding hydrogens is 768 g/mol. The summed E-state index contributed by atoms with van der Waals surface area (Å²) >= 11 is 0. The Kier molecular flexibility index (Phi) is 29.4. The van der Waals surface area contributed by atoms with Gasteiger partial charge in [-0.3, -0.25) is 9.59 Å². The van der Waals surface area contributed by atoms with Crippen LogP contribution in [0.15, 0.2) is 24.3 Å². The molecule has 0 spiro atoms. The Balaban J connectivity index is 1.88. The van der Waals surface area contributed by atoms with Gasteiger partial charge >= 0.3 is 11.9 Å². The molecule has 0 aromatic rings. The van der Waals surface area contributed by atoms with Crippen LogP contribution in [0, 0.1) is 0 Å². The van der Waals surface area contributed by atoms with E-state index < -0.39 is 92.7 Å². The van der Waals surface area contributed by atoms with E-state index in [1.165, 1.54) is 32.1 Å². The third kappa shape index (κ3) is 22.1. The van der Waals surface area contributed by atoms with Crippen molar-refractivity contribution in [1.29, 1.82) is 0 Å². The van der Waals surface area contributed by atoms with Gasteiger partial charge in [0.1, 0.15) is 55.4 Å². The van der Waals surface area contributed by atoms with Gasteiger partial charge in [-0.05, 0) is 57.8 Å². The molecule has 0 aromatic heterocycles. The van der Waals surface area contributed by atoms with Crippen molar-refractivity contribution in [2.75, 3.05) is 26.4 Å². The van der Waals surface area contributed by atoms with Crippen LogP contribution < -0.4 is 0 Å². The van der Waals surface area contributed by atoms with E-state index in [1.54, 1.807) is 0 Å². The Morgan fingerprint density at radius 2 is 0.983 bits per heavy atom. The molecule has 15 heteroatoms. The Morgan fingerprint density at radius 3 is 1.54 bits per heavy atom. The van der Waals surface area contributed by atoms with Crippen molar-refractivity contribution in [3.05, 3.63) is 24.3 Å². The maximum Gasteiger partial charge on any atom is 0.306 e.